The summed E-state index contributed by atoms with van der Waals surface area (Å²) in [5.41, 5.74) is 0.242. The number of carbonyl (C=O) groups excluding carboxylic acids is 2. The van der Waals surface area contributed by atoms with Gasteiger partial charge in [0.15, 0.2) is 0 Å². The summed E-state index contributed by atoms with van der Waals surface area (Å²) in [5, 5.41) is 2.84. The summed E-state index contributed by atoms with van der Waals surface area (Å²) in [6.07, 6.45) is 3.00. The number of Topliss-reactive ketones (excluding diaryl/α,β-unsaturated/α-hetero) is 1. The number of nitrogens with one attached hydrogen (secondary N) is 1. The monoisotopic (exact) mass is 283 g/mol. The lowest BCUT2D eigenvalue weighted by Gasteiger charge is -2.43. The van der Waals surface area contributed by atoms with Crippen LogP contribution in [0, 0.1) is 17.3 Å². The van der Waals surface area contributed by atoms with Crippen molar-refractivity contribution in [3.8, 4) is 0 Å². The molecule has 2 atom stereocenters. The van der Waals surface area contributed by atoms with Gasteiger partial charge in [0.05, 0.1) is 5.92 Å². The van der Waals surface area contributed by atoms with Crippen LogP contribution in [0.4, 0.5) is 0 Å². The normalized spacial score (nSPS) is 22.0. The lowest BCUT2D eigenvalue weighted by Crippen LogP contribution is -2.65. The van der Waals surface area contributed by atoms with Crippen molar-refractivity contribution in [1.82, 2.24) is 5.32 Å². The van der Waals surface area contributed by atoms with Crippen LogP contribution in [0.25, 0.3) is 0 Å². The third-order valence-corrected chi connectivity index (χ3v) is 4.79. The fourth-order valence-electron chi connectivity index (χ4n) is 3.07. The van der Waals surface area contributed by atoms with Crippen molar-refractivity contribution in [1.29, 1.82) is 0 Å². The summed E-state index contributed by atoms with van der Waals surface area (Å²) in [6.45, 7) is 16.4. The number of rotatable bonds is 5. The summed E-state index contributed by atoms with van der Waals surface area (Å²) >= 11 is 0. The summed E-state index contributed by atoms with van der Waals surface area (Å²) in [6, 6.07) is 0. The van der Waals surface area contributed by atoms with Crippen LogP contribution in [0.2, 0.25) is 0 Å². The molecule has 0 aliphatic carbocycles. The molecule has 1 amide bonds. The van der Waals surface area contributed by atoms with E-state index in [2.05, 4.69) is 46.9 Å². The minimum Gasteiger partial charge on any atom is -0.350 e. The number of amides is 1. The van der Waals surface area contributed by atoms with Gasteiger partial charge in [0.2, 0.25) is 5.91 Å². The van der Waals surface area contributed by atoms with E-state index < -0.39 is 0 Å². The Bertz CT molecular complexity index is 345. The molecule has 0 aromatic carbocycles. The standard InChI is InChI=1S/C10H20O.C7H13NO/c1-6-9(8(3)11)10(4,5)7-2;1-4-5-6(9)8-7(5,2)3/h9H,6-7H2,1-5H3;5H,4H2,1-3H3,(H,8,9). The zero-order chi connectivity index (χ0) is 16.1. The van der Waals surface area contributed by atoms with Gasteiger partial charge in [-0.15, -0.1) is 0 Å². The molecule has 1 saturated heterocycles. The van der Waals surface area contributed by atoms with Gasteiger partial charge in [0.25, 0.3) is 0 Å². The van der Waals surface area contributed by atoms with Gasteiger partial charge in [-0.05, 0) is 39.0 Å². The maximum Gasteiger partial charge on any atom is 0.225 e. The highest BCUT2D eigenvalue weighted by Crippen LogP contribution is 2.33. The van der Waals surface area contributed by atoms with Crippen LogP contribution in [0.15, 0.2) is 0 Å². The maximum atomic E-state index is 11.2. The Morgan fingerprint density at radius 1 is 1.30 bits per heavy atom. The Balaban J connectivity index is 0.000000367. The van der Waals surface area contributed by atoms with Crippen molar-refractivity contribution >= 4 is 11.7 Å². The Morgan fingerprint density at radius 2 is 1.80 bits per heavy atom. The lowest BCUT2D eigenvalue weighted by atomic mass is 9.73. The maximum absolute atomic E-state index is 11.2. The van der Waals surface area contributed by atoms with E-state index in [4.69, 9.17) is 0 Å². The average Bonchev–Trinajstić information content (AvgIpc) is 2.29. The van der Waals surface area contributed by atoms with E-state index in [0.29, 0.717) is 5.78 Å². The summed E-state index contributed by atoms with van der Waals surface area (Å²) in [7, 11) is 0. The second kappa shape index (κ2) is 7.24. The SMILES string of the molecule is CCC(C(C)=O)C(C)(C)CC.CCC1C(=O)NC1(C)C. The van der Waals surface area contributed by atoms with Gasteiger partial charge in [-0.1, -0.05) is 41.0 Å². The first-order valence-corrected chi connectivity index (χ1v) is 7.85. The number of ketones is 1. The van der Waals surface area contributed by atoms with E-state index in [-0.39, 0.29) is 28.7 Å². The Morgan fingerprint density at radius 3 is 1.90 bits per heavy atom. The summed E-state index contributed by atoms with van der Waals surface area (Å²) < 4.78 is 0. The topological polar surface area (TPSA) is 46.2 Å². The third kappa shape index (κ3) is 4.60. The fraction of sp³-hybridized carbons (Fsp3) is 0.882. The summed E-state index contributed by atoms with van der Waals surface area (Å²) in [4.78, 5) is 21.9. The highest BCUT2D eigenvalue weighted by atomic mass is 16.2. The van der Waals surface area contributed by atoms with E-state index >= 15 is 0 Å². The molecule has 0 bridgehead atoms. The molecule has 1 rings (SSSR count). The predicted molar refractivity (Wildman–Crippen MR) is 84.5 cm³/mol. The van der Waals surface area contributed by atoms with Gasteiger partial charge < -0.3 is 5.32 Å². The number of hydrogen-bond donors (Lipinski definition) is 1. The molecule has 0 spiro atoms. The second-order valence-corrected chi connectivity index (χ2v) is 7.09. The molecular weight excluding hydrogens is 250 g/mol. The third-order valence-electron chi connectivity index (χ3n) is 4.79. The van der Waals surface area contributed by atoms with Gasteiger partial charge in [0, 0.05) is 11.5 Å². The molecule has 0 aromatic rings. The van der Waals surface area contributed by atoms with Crippen molar-refractivity contribution in [2.75, 3.05) is 0 Å². The van der Waals surface area contributed by atoms with Crippen LogP contribution in [-0.4, -0.2) is 17.2 Å². The average molecular weight is 283 g/mol. The van der Waals surface area contributed by atoms with Crippen LogP contribution < -0.4 is 5.32 Å². The smallest absolute Gasteiger partial charge is 0.225 e. The number of carbonyl (C=O) groups is 2. The van der Waals surface area contributed by atoms with Crippen molar-refractivity contribution in [3.63, 3.8) is 0 Å². The van der Waals surface area contributed by atoms with E-state index in [0.717, 1.165) is 19.3 Å². The van der Waals surface area contributed by atoms with Crippen molar-refractivity contribution in [2.45, 2.75) is 80.2 Å². The van der Waals surface area contributed by atoms with Crippen LogP contribution in [0.3, 0.4) is 0 Å². The molecule has 0 aromatic heterocycles. The van der Waals surface area contributed by atoms with Crippen LogP contribution in [0.5, 0.6) is 0 Å². The molecule has 1 heterocycles. The molecule has 1 aliphatic heterocycles. The minimum absolute atomic E-state index is 0.0613. The lowest BCUT2D eigenvalue weighted by molar-refractivity contribution is -0.139. The fourth-order valence-corrected chi connectivity index (χ4v) is 3.07. The minimum atomic E-state index is 0.0613. The van der Waals surface area contributed by atoms with E-state index in [1.54, 1.807) is 6.92 Å². The molecule has 118 valence electrons. The second-order valence-electron chi connectivity index (χ2n) is 7.09. The van der Waals surface area contributed by atoms with E-state index in [1.165, 1.54) is 0 Å². The molecule has 2 unspecified atom stereocenters. The first kappa shape index (κ1) is 19.1. The first-order valence-electron chi connectivity index (χ1n) is 7.85. The number of β-lactam (4-membered cyclic amide) rings is 1. The molecule has 1 N–H and O–H groups in total. The van der Waals surface area contributed by atoms with Gasteiger partial charge in [0.1, 0.15) is 5.78 Å². The number of hydrogen-bond acceptors (Lipinski definition) is 2. The molecule has 3 nitrogen and oxygen atoms in total. The molecule has 0 radical (unpaired) electrons. The Kier molecular flexibility index (Phi) is 6.92. The van der Waals surface area contributed by atoms with Crippen LogP contribution in [-0.2, 0) is 9.59 Å². The van der Waals surface area contributed by atoms with Gasteiger partial charge >= 0.3 is 0 Å². The van der Waals surface area contributed by atoms with Crippen molar-refractivity contribution in [2.24, 2.45) is 17.3 Å². The molecule has 3 heteroatoms. The van der Waals surface area contributed by atoms with Crippen LogP contribution in [0.1, 0.15) is 74.7 Å². The van der Waals surface area contributed by atoms with Crippen LogP contribution >= 0.6 is 0 Å². The zero-order valence-electron chi connectivity index (χ0n) is 14.6. The molecule has 1 aliphatic rings. The Labute approximate surface area is 124 Å². The van der Waals surface area contributed by atoms with Gasteiger partial charge in [-0.25, -0.2) is 0 Å². The quantitative estimate of drug-likeness (QED) is 0.776. The molecule has 0 saturated carbocycles. The highest BCUT2D eigenvalue weighted by Gasteiger charge is 2.44. The first-order chi connectivity index (χ1) is 9.03. The van der Waals surface area contributed by atoms with Gasteiger partial charge in [-0.3, -0.25) is 9.59 Å². The molecule has 1 fully saturated rings. The molecule has 20 heavy (non-hydrogen) atoms. The predicted octanol–water partition coefficient (Wildman–Crippen LogP) is 3.96. The molecular formula is C17H33NO2. The zero-order valence-corrected chi connectivity index (χ0v) is 14.6. The highest BCUT2D eigenvalue weighted by molar-refractivity contribution is 5.87. The van der Waals surface area contributed by atoms with Gasteiger partial charge in [-0.2, -0.15) is 0 Å². The summed E-state index contributed by atoms with van der Waals surface area (Å²) in [5.74, 6) is 1.03. The van der Waals surface area contributed by atoms with Crippen molar-refractivity contribution in [3.05, 3.63) is 0 Å². The van der Waals surface area contributed by atoms with E-state index in [9.17, 15) is 9.59 Å². The largest absolute Gasteiger partial charge is 0.350 e. The van der Waals surface area contributed by atoms with E-state index in [1.807, 2.05) is 6.92 Å². The Hall–Kier alpha value is -0.860. The van der Waals surface area contributed by atoms with Crippen molar-refractivity contribution < 1.29 is 9.59 Å².